The maximum Gasteiger partial charge on any atom is 0.344 e. The molecule has 1 saturated carbocycles. The molecule has 5 nitrogen and oxygen atoms in total. The van der Waals surface area contributed by atoms with Crippen molar-refractivity contribution in [2.45, 2.75) is 31.9 Å². The normalized spacial score (nSPS) is 15.2. The van der Waals surface area contributed by atoms with Gasteiger partial charge in [0.1, 0.15) is 5.75 Å². The Kier molecular flexibility index (Phi) is 5.31. The molecule has 0 spiro atoms. The van der Waals surface area contributed by atoms with Crippen molar-refractivity contribution in [1.82, 2.24) is 5.32 Å². The smallest absolute Gasteiger partial charge is 0.344 e. The topological polar surface area (TPSA) is 64.6 Å². The van der Waals surface area contributed by atoms with Crippen LogP contribution in [0.15, 0.2) is 18.2 Å². The van der Waals surface area contributed by atoms with E-state index >= 15 is 0 Å². The third-order valence-corrected chi connectivity index (χ3v) is 3.37. The molecule has 0 heterocycles. The number of benzene rings is 1. The number of rotatable bonds is 6. The third-order valence-electron chi connectivity index (χ3n) is 2.84. The molecule has 7 heteroatoms. The molecule has 1 aromatic rings. The number of hydrogen-bond donors (Lipinski definition) is 1. The predicted octanol–water partition coefficient (Wildman–Crippen LogP) is 2.58. The Morgan fingerprint density at radius 2 is 2.10 bits per heavy atom. The summed E-state index contributed by atoms with van der Waals surface area (Å²) in [5.74, 6) is -0.608. The molecule has 1 aliphatic carbocycles. The minimum atomic E-state index is -0.845. The largest absolute Gasteiger partial charge is 0.480 e. The molecule has 1 aromatic carbocycles. The molecule has 1 aliphatic rings. The van der Waals surface area contributed by atoms with Crippen LogP contribution in [0.4, 0.5) is 0 Å². The molecule has 0 aliphatic heterocycles. The maximum absolute atomic E-state index is 11.6. The lowest BCUT2D eigenvalue weighted by Crippen LogP contribution is -2.37. The zero-order valence-electron chi connectivity index (χ0n) is 11.4. The Labute approximate surface area is 132 Å². The van der Waals surface area contributed by atoms with Crippen molar-refractivity contribution in [2.24, 2.45) is 0 Å². The lowest BCUT2D eigenvalue weighted by molar-refractivity contribution is -0.156. The summed E-state index contributed by atoms with van der Waals surface area (Å²) in [5.41, 5.74) is 0. The van der Waals surface area contributed by atoms with Crippen molar-refractivity contribution in [3.8, 4) is 5.75 Å². The van der Waals surface area contributed by atoms with Crippen molar-refractivity contribution in [3.05, 3.63) is 28.2 Å². The molecule has 0 unspecified atom stereocenters. The first-order chi connectivity index (χ1) is 9.95. The van der Waals surface area contributed by atoms with Crippen molar-refractivity contribution < 1.29 is 19.1 Å². The van der Waals surface area contributed by atoms with E-state index in [9.17, 15) is 9.59 Å². The molecule has 1 amide bonds. The van der Waals surface area contributed by atoms with E-state index in [1.165, 1.54) is 13.0 Å². The van der Waals surface area contributed by atoms with Gasteiger partial charge in [0.15, 0.2) is 12.7 Å². The number of halogens is 2. The highest BCUT2D eigenvalue weighted by Gasteiger charge is 2.27. The van der Waals surface area contributed by atoms with Gasteiger partial charge in [-0.05, 0) is 38.0 Å². The average Bonchev–Trinajstić information content (AvgIpc) is 3.21. The number of amides is 1. The van der Waals surface area contributed by atoms with E-state index in [0.29, 0.717) is 15.8 Å². The molecule has 1 N–H and O–H groups in total. The first kappa shape index (κ1) is 15.9. The fourth-order valence-electron chi connectivity index (χ4n) is 1.56. The Morgan fingerprint density at radius 3 is 2.71 bits per heavy atom. The van der Waals surface area contributed by atoms with Crippen LogP contribution in [0.1, 0.15) is 19.8 Å². The standard InChI is InChI=1S/C14H15Cl2NO4/c1-8(14(19)17-10-3-4-10)21-13(18)7-20-12-5-2-9(15)6-11(12)16/h2,5-6,8,10H,3-4,7H2,1H3,(H,17,19)/t8-/m0/s1. The van der Waals surface area contributed by atoms with Gasteiger partial charge in [0.2, 0.25) is 0 Å². The molecule has 21 heavy (non-hydrogen) atoms. The van der Waals surface area contributed by atoms with Gasteiger partial charge in [-0.15, -0.1) is 0 Å². The second-order valence-electron chi connectivity index (χ2n) is 4.78. The first-order valence-electron chi connectivity index (χ1n) is 6.53. The Balaban J connectivity index is 1.77. The number of carbonyl (C=O) groups excluding carboxylic acids is 2. The Hall–Kier alpha value is -1.46. The summed E-state index contributed by atoms with van der Waals surface area (Å²) >= 11 is 11.7. The quantitative estimate of drug-likeness (QED) is 0.813. The van der Waals surface area contributed by atoms with Crippen LogP contribution in [0.3, 0.4) is 0 Å². The molecule has 0 aromatic heterocycles. The van der Waals surface area contributed by atoms with Crippen LogP contribution in [0.25, 0.3) is 0 Å². The zero-order chi connectivity index (χ0) is 15.4. The fourth-order valence-corrected chi connectivity index (χ4v) is 2.02. The van der Waals surface area contributed by atoms with Crippen LogP contribution >= 0.6 is 23.2 Å². The van der Waals surface area contributed by atoms with Crippen molar-refractivity contribution in [2.75, 3.05) is 6.61 Å². The van der Waals surface area contributed by atoms with Gasteiger partial charge >= 0.3 is 5.97 Å². The van der Waals surface area contributed by atoms with Gasteiger partial charge in [-0.2, -0.15) is 0 Å². The second kappa shape index (κ2) is 7.00. The van der Waals surface area contributed by atoms with Gasteiger partial charge in [0, 0.05) is 11.1 Å². The van der Waals surface area contributed by atoms with Crippen molar-refractivity contribution >= 4 is 35.1 Å². The van der Waals surface area contributed by atoms with E-state index in [4.69, 9.17) is 32.7 Å². The summed E-state index contributed by atoms with van der Waals surface area (Å²) in [6.45, 7) is 1.19. The van der Waals surface area contributed by atoms with Crippen molar-refractivity contribution in [3.63, 3.8) is 0 Å². The molecule has 1 atom stereocenters. The second-order valence-corrected chi connectivity index (χ2v) is 5.62. The number of carbonyl (C=O) groups is 2. The minimum absolute atomic E-state index is 0.225. The van der Waals surface area contributed by atoms with Crippen LogP contribution in [0.5, 0.6) is 5.75 Å². The third kappa shape index (κ3) is 5.10. The highest BCUT2D eigenvalue weighted by molar-refractivity contribution is 6.35. The Bertz CT molecular complexity index is 546. The van der Waals surface area contributed by atoms with Crippen LogP contribution in [0, 0.1) is 0 Å². The number of esters is 1. The van der Waals surface area contributed by atoms with Crippen molar-refractivity contribution in [1.29, 1.82) is 0 Å². The van der Waals surface area contributed by atoms with E-state index in [2.05, 4.69) is 5.32 Å². The van der Waals surface area contributed by atoms with Crippen LogP contribution in [0.2, 0.25) is 10.0 Å². The van der Waals surface area contributed by atoms with E-state index in [1.807, 2.05) is 0 Å². The molecule has 0 saturated heterocycles. The van der Waals surface area contributed by atoms with Gasteiger partial charge in [0.25, 0.3) is 5.91 Å². The number of ether oxygens (including phenoxy) is 2. The number of hydrogen-bond acceptors (Lipinski definition) is 4. The van der Waals surface area contributed by atoms with E-state index < -0.39 is 12.1 Å². The monoisotopic (exact) mass is 331 g/mol. The lowest BCUT2D eigenvalue weighted by atomic mass is 10.3. The van der Waals surface area contributed by atoms with E-state index in [-0.39, 0.29) is 18.6 Å². The van der Waals surface area contributed by atoms with Crippen LogP contribution < -0.4 is 10.1 Å². The fraction of sp³-hybridized carbons (Fsp3) is 0.429. The lowest BCUT2D eigenvalue weighted by Gasteiger charge is -2.13. The summed E-state index contributed by atoms with van der Waals surface area (Å²) in [4.78, 5) is 23.2. The molecule has 0 radical (unpaired) electrons. The molecule has 114 valence electrons. The van der Waals surface area contributed by atoms with Gasteiger partial charge in [0.05, 0.1) is 5.02 Å². The SMILES string of the molecule is C[C@H](OC(=O)COc1ccc(Cl)cc1Cl)C(=O)NC1CC1. The molecular formula is C14H15Cl2NO4. The van der Waals surface area contributed by atoms with E-state index in [1.54, 1.807) is 12.1 Å². The number of nitrogens with one attached hydrogen (secondary N) is 1. The molecular weight excluding hydrogens is 317 g/mol. The van der Waals surface area contributed by atoms with Crippen LogP contribution in [-0.2, 0) is 14.3 Å². The highest BCUT2D eigenvalue weighted by atomic mass is 35.5. The Morgan fingerprint density at radius 1 is 1.38 bits per heavy atom. The summed E-state index contributed by atoms with van der Waals surface area (Å²) in [7, 11) is 0. The van der Waals surface area contributed by atoms with Gasteiger partial charge in [-0.25, -0.2) is 4.79 Å². The summed E-state index contributed by atoms with van der Waals surface area (Å²) in [5, 5.41) is 3.53. The summed E-state index contributed by atoms with van der Waals surface area (Å²) in [6, 6.07) is 4.89. The highest BCUT2D eigenvalue weighted by Crippen LogP contribution is 2.27. The molecule has 1 fully saturated rings. The zero-order valence-corrected chi connectivity index (χ0v) is 12.9. The van der Waals surface area contributed by atoms with Gasteiger partial charge in [-0.3, -0.25) is 4.79 Å². The minimum Gasteiger partial charge on any atom is -0.480 e. The summed E-state index contributed by atoms with van der Waals surface area (Å²) in [6.07, 6.45) is 1.11. The first-order valence-corrected chi connectivity index (χ1v) is 7.29. The molecule has 2 rings (SSSR count). The predicted molar refractivity (Wildman–Crippen MR) is 78.7 cm³/mol. The maximum atomic E-state index is 11.6. The van der Waals surface area contributed by atoms with Crippen LogP contribution in [-0.4, -0.2) is 30.6 Å². The van der Waals surface area contributed by atoms with Gasteiger partial charge in [-0.1, -0.05) is 23.2 Å². The van der Waals surface area contributed by atoms with Gasteiger partial charge < -0.3 is 14.8 Å². The van der Waals surface area contributed by atoms with E-state index in [0.717, 1.165) is 12.8 Å². The molecule has 0 bridgehead atoms. The average molecular weight is 332 g/mol. The summed E-state index contributed by atoms with van der Waals surface area (Å²) < 4.78 is 10.2.